The average molecular weight is 415 g/mol. The van der Waals surface area contributed by atoms with Crippen LogP contribution in [0.1, 0.15) is 48.8 Å². The maximum Gasteiger partial charge on any atom is 0.254 e. The van der Waals surface area contributed by atoms with Crippen molar-refractivity contribution in [1.29, 1.82) is 0 Å². The van der Waals surface area contributed by atoms with Gasteiger partial charge >= 0.3 is 0 Å². The summed E-state index contributed by atoms with van der Waals surface area (Å²) in [5, 5.41) is 9.47. The van der Waals surface area contributed by atoms with Gasteiger partial charge in [-0.3, -0.25) is 9.78 Å². The Kier molecular flexibility index (Phi) is 5.10. The highest BCUT2D eigenvalue weighted by Crippen LogP contribution is 2.27. The third-order valence-corrected chi connectivity index (χ3v) is 5.95. The highest BCUT2D eigenvalue weighted by Gasteiger charge is 2.27. The molecule has 1 aliphatic heterocycles. The quantitative estimate of drug-likeness (QED) is 0.503. The van der Waals surface area contributed by atoms with E-state index in [0.29, 0.717) is 19.0 Å². The van der Waals surface area contributed by atoms with Gasteiger partial charge in [0, 0.05) is 30.4 Å². The minimum absolute atomic E-state index is 0.0867. The second kappa shape index (κ2) is 8.06. The smallest absolute Gasteiger partial charge is 0.254 e. The molecule has 158 valence electrons. The monoisotopic (exact) mass is 414 g/mol. The molecule has 7 nitrogen and oxygen atoms in total. The number of nitrogens with zero attached hydrogens (tertiary/aromatic N) is 6. The molecule has 3 aromatic heterocycles. The Morgan fingerprint density at radius 3 is 2.68 bits per heavy atom. The molecule has 31 heavy (non-hydrogen) atoms. The lowest BCUT2D eigenvalue weighted by atomic mass is 10.00. The first-order chi connectivity index (χ1) is 15.1. The number of benzene rings is 1. The number of carbonyl (C=O) groups excluding carboxylic acids is 1. The largest absolute Gasteiger partial charge is 0.338 e. The SMILES string of the molecule is CC(C)Cc1cc(C(=O)N2CCC(n3nnc4cccnc43)CC2)c2ccccc2n1. The van der Waals surface area contributed by atoms with Gasteiger partial charge in [0.05, 0.1) is 17.1 Å². The van der Waals surface area contributed by atoms with E-state index in [1.165, 1.54) is 0 Å². The lowest BCUT2D eigenvalue weighted by Gasteiger charge is -2.32. The van der Waals surface area contributed by atoms with Gasteiger partial charge in [0.15, 0.2) is 5.65 Å². The van der Waals surface area contributed by atoms with Crippen LogP contribution in [0.3, 0.4) is 0 Å². The lowest BCUT2D eigenvalue weighted by Crippen LogP contribution is -2.39. The van der Waals surface area contributed by atoms with Gasteiger partial charge < -0.3 is 4.90 Å². The first kappa shape index (κ1) is 19.6. The zero-order valence-corrected chi connectivity index (χ0v) is 17.9. The van der Waals surface area contributed by atoms with Crippen LogP contribution >= 0.6 is 0 Å². The van der Waals surface area contributed by atoms with E-state index in [1.807, 2.05) is 52.0 Å². The number of likely N-dealkylation sites (tertiary alicyclic amines) is 1. The first-order valence-corrected chi connectivity index (χ1v) is 10.9. The van der Waals surface area contributed by atoms with Gasteiger partial charge in [-0.05, 0) is 49.4 Å². The fourth-order valence-corrected chi connectivity index (χ4v) is 4.44. The van der Waals surface area contributed by atoms with E-state index in [1.54, 1.807) is 6.20 Å². The fraction of sp³-hybridized carbons (Fsp3) is 0.375. The summed E-state index contributed by atoms with van der Waals surface area (Å²) in [7, 11) is 0. The van der Waals surface area contributed by atoms with Gasteiger partial charge in [0.1, 0.15) is 5.52 Å². The van der Waals surface area contributed by atoms with Crippen LogP contribution in [-0.4, -0.2) is 48.9 Å². The van der Waals surface area contributed by atoms with Crippen LogP contribution in [0.15, 0.2) is 48.7 Å². The second-order valence-electron chi connectivity index (χ2n) is 8.68. The van der Waals surface area contributed by atoms with Crippen molar-refractivity contribution in [3.8, 4) is 0 Å². The average Bonchev–Trinajstić information content (AvgIpc) is 3.22. The van der Waals surface area contributed by atoms with Crippen molar-refractivity contribution in [3.63, 3.8) is 0 Å². The topological polar surface area (TPSA) is 76.8 Å². The highest BCUT2D eigenvalue weighted by atomic mass is 16.2. The summed E-state index contributed by atoms with van der Waals surface area (Å²) in [5.41, 5.74) is 4.24. The number of rotatable bonds is 4. The van der Waals surface area contributed by atoms with Crippen LogP contribution < -0.4 is 0 Å². The van der Waals surface area contributed by atoms with Crippen molar-refractivity contribution in [1.82, 2.24) is 29.9 Å². The molecule has 0 atom stereocenters. The number of hydrogen-bond acceptors (Lipinski definition) is 5. The maximum atomic E-state index is 13.5. The summed E-state index contributed by atoms with van der Waals surface area (Å²) >= 11 is 0. The van der Waals surface area contributed by atoms with Gasteiger partial charge in [0.25, 0.3) is 5.91 Å². The number of carbonyl (C=O) groups is 1. The Morgan fingerprint density at radius 2 is 1.87 bits per heavy atom. The van der Waals surface area contributed by atoms with Crippen LogP contribution in [0, 0.1) is 5.92 Å². The van der Waals surface area contributed by atoms with E-state index in [-0.39, 0.29) is 11.9 Å². The van der Waals surface area contributed by atoms with Crippen LogP contribution in [0.25, 0.3) is 22.1 Å². The predicted octanol–water partition coefficient (Wildman–Crippen LogP) is 4.05. The molecule has 4 aromatic rings. The molecule has 0 spiro atoms. The van der Waals surface area contributed by atoms with Gasteiger partial charge in [-0.25, -0.2) is 9.67 Å². The summed E-state index contributed by atoms with van der Waals surface area (Å²) in [4.78, 5) is 24.7. The lowest BCUT2D eigenvalue weighted by molar-refractivity contribution is 0.0692. The van der Waals surface area contributed by atoms with E-state index in [0.717, 1.165) is 52.6 Å². The van der Waals surface area contributed by atoms with Crippen LogP contribution in [0.5, 0.6) is 0 Å². The molecule has 1 aromatic carbocycles. The van der Waals surface area contributed by atoms with Gasteiger partial charge in [-0.2, -0.15) is 0 Å². The summed E-state index contributed by atoms with van der Waals surface area (Å²) in [5.74, 6) is 0.571. The standard InChI is InChI=1S/C24H26N6O/c1-16(2)14-17-15-20(19-6-3-4-7-21(19)26-17)24(31)29-12-9-18(10-13-29)30-23-22(27-28-30)8-5-11-25-23/h3-8,11,15-16,18H,9-10,12-14H2,1-2H3. The highest BCUT2D eigenvalue weighted by molar-refractivity contribution is 6.06. The zero-order valence-electron chi connectivity index (χ0n) is 17.9. The minimum atomic E-state index is 0.0867. The molecule has 1 amide bonds. The van der Waals surface area contributed by atoms with Crippen LogP contribution in [0.2, 0.25) is 0 Å². The fourth-order valence-electron chi connectivity index (χ4n) is 4.44. The number of para-hydroxylation sites is 1. The third kappa shape index (κ3) is 3.76. The van der Waals surface area contributed by atoms with Crippen LogP contribution in [-0.2, 0) is 6.42 Å². The van der Waals surface area contributed by atoms with Crippen molar-refractivity contribution in [2.45, 2.75) is 39.2 Å². The predicted molar refractivity (Wildman–Crippen MR) is 120 cm³/mol. The zero-order chi connectivity index (χ0) is 21.4. The summed E-state index contributed by atoms with van der Waals surface area (Å²) in [6.07, 6.45) is 4.30. The third-order valence-electron chi connectivity index (χ3n) is 5.95. The number of aromatic nitrogens is 5. The number of pyridine rings is 2. The van der Waals surface area contributed by atoms with Crippen molar-refractivity contribution >= 4 is 28.0 Å². The normalized spacial score (nSPS) is 15.3. The summed E-state index contributed by atoms with van der Waals surface area (Å²) in [6, 6.07) is 13.9. The molecule has 1 saturated heterocycles. The number of hydrogen-bond donors (Lipinski definition) is 0. The molecular formula is C24H26N6O. The molecule has 1 aliphatic rings. The van der Waals surface area contributed by atoms with Gasteiger partial charge in [0.2, 0.25) is 0 Å². The van der Waals surface area contributed by atoms with Gasteiger partial charge in [-0.1, -0.05) is 37.3 Å². The van der Waals surface area contributed by atoms with Crippen molar-refractivity contribution < 1.29 is 4.79 Å². The molecule has 0 N–H and O–H groups in total. The minimum Gasteiger partial charge on any atom is -0.338 e. The molecule has 0 unspecified atom stereocenters. The molecule has 1 fully saturated rings. The van der Waals surface area contributed by atoms with Crippen molar-refractivity contribution in [2.75, 3.05) is 13.1 Å². The number of piperidine rings is 1. The first-order valence-electron chi connectivity index (χ1n) is 10.9. The molecule has 7 heteroatoms. The molecule has 4 heterocycles. The van der Waals surface area contributed by atoms with Crippen molar-refractivity contribution in [2.24, 2.45) is 5.92 Å². The molecule has 0 radical (unpaired) electrons. The second-order valence-corrected chi connectivity index (χ2v) is 8.68. The number of amides is 1. The maximum absolute atomic E-state index is 13.5. The van der Waals surface area contributed by atoms with Gasteiger partial charge in [-0.15, -0.1) is 5.10 Å². The van der Waals surface area contributed by atoms with E-state index >= 15 is 0 Å². The number of fused-ring (bicyclic) bond motifs is 2. The van der Waals surface area contributed by atoms with E-state index < -0.39 is 0 Å². The van der Waals surface area contributed by atoms with Crippen LogP contribution in [0.4, 0.5) is 0 Å². The Hall–Kier alpha value is -3.35. The Bertz CT molecular complexity index is 1240. The van der Waals surface area contributed by atoms with E-state index in [9.17, 15) is 4.79 Å². The van der Waals surface area contributed by atoms with E-state index in [2.05, 4.69) is 29.1 Å². The molecule has 5 rings (SSSR count). The van der Waals surface area contributed by atoms with Crippen molar-refractivity contribution in [3.05, 3.63) is 59.9 Å². The summed E-state index contributed by atoms with van der Waals surface area (Å²) in [6.45, 7) is 5.72. The molecular weight excluding hydrogens is 388 g/mol. The Morgan fingerprint density at radius 1 is 1.10 bits per heavy atom. The summed E-state index contributed by atoms with van der Waals surface area (Å²) < 4.78 is 1.92. The Labute approximate surface area is 181 Å². The molecule has 0 aliphatic carbocycles. The molecule has 0 bridgehead atoms. The Balaban J connectivity index is 1.38. The van der Waals surface area contributed by atoms with E-state index in [4.69, 9.17) is 4.98 Å². The molecule has 0 saturated carbocycles.